The topological polar surface area (TPSA) is 17.3 Å². The minimum atomic E-state index is 1.11. The Morgan fingerprint density at radius 1 is 1.11 bits per heavy atom. The van der Waals surface area contributed by atoms with Crippen LogP contribution < -0.4 is 0 Å². The second kappa shape index (κ2) is 3.58. The van der Waals surface area contributed by atoms with Crippen LogP contribution in [0.15, 0.2) is 30.3 Å². The molecular formula is C16H16N2. The fourth-order valence-corrected chi connectivity index (χ4v) is 3.21. The summed E-state index contributed by atoms with van der Waals surface area (Å²) in [4.78, 5) is 4.79. The van der Waals surface area contributed by atoms with E-state index in [9.17, 15) is 0 Å². The van der Waals surface area contributed by atoms with E-state index in [1.807, 2.05) is 0 Å². The molecule has 0 fully saturated rings. The third-order valence-electron chi connectivity index (χ3n) is 4.05. The monoisotopic (exact) mass is 236 g/mol. The highest BCUT2D eigenvalue weighted by atomic mass is 15.0. The molecule has 0 atom stereocenters. The number of hydrogen-bond acceptors (Lipinski definition) is 1. The van der Waals surface area contributed by atoms with Crippen molar-refractivity contribution < 1.29 is 0 Å². The highest BCUT2D eigenvalue weighted by molar-refractivity contribution is 5.82. The maximum Gasteiger partial charge on any atom is 0.141 e. The van der Waals surface area contributed by atoms with Crippen molar-refractivity contribution in [3.05, 3.63) is 47.2 Å². The number of pyridine rings is 1. The average molecular weight is 236 g/mol. The van der Waals surface area contributed by atoms with Crippen molar-refractivity contribution in [2.45, 2.75) is 32.6 Å². The van der Waals surface area contributed by atoms with Gasteiger partial charge in [-0.1, -0.05) is 18.2 Å². The molecule has 2 heterocycles. The first kappa shape index (κ1) is 10.1. The molecule has 0 saturated carbocycles. The summed E-state index contributed by atoms with van der Waals surface area (Å²) in [5.41, 5.74) is 7.81. The first-order valence-electron chi connectivity index (χ1n) is 6.73. The van der Waals surface area contributed by atoms with Crippen molar-refractivity contribution in [1.29, 1.82) is 0 Å². The lowest BCUT2D eigenvalue weighted by molar-refractivity contribution is 0.662. The number of rotatable bonds is 0. The lowest BCUT2D eigenvalue weighted by atomic mass is 9.94. The smallest absolute Gasteiger partial charge is 0.141 e. The molecule has 0 unspecified atom stereocenters. The van der Waals surface area contributed by atoms with Gasteiger partial charge in [0, 0.05) is 5.69 Å². The molecule has 18 heavy (non-hydrogen) atoms. The van der Waals surface area contributed by atoms with Gasteiger partial charge in [0.1, 0.15) is 5.65 Å². The molecule has 2 nitrogen and oxygen atoms in total. The van der Waals surface area contributed by atoms with E-state index in [4.69, 9.17) is 4.98 Å². The van der Waals surface area contributed by atoms with E-state index in [-0.39, 0.29) is 0 Å². The zero-order chi connectivity index (χ0) is 12.1. The second-order valence-electron chi connectivity index (χ2n) is 5.27. The van der Waals surface area contributed by atoms with Crippen LogP contribution in [-0.4, -0.2) is 9.38 Å². The summed E-state index contributed by atoms with van der Waals surface area (Å²) in [7, 11) is 0. The number of benzene rings is 1. The van der Waals surface area contributed by atoms with Crippen LogP contribution in [0.1, 0.15) is 29.7 Å². The van der Waals surface area contributed by atoms with Gasteiger partial charge >= 0.3 is 0 Å². The standard InChI is InChI=1S/C16H16N2/c1-11-10-12-6-2-4-8-14(12)18-15-9-5-3-7-13(15)17-16(11)18/h3,5,7,9-10H,2,4,6,8H2,1H3. The maximum absolute atomic E-state index is 4.79. The largest absolute Gasteiger partial charge is 0.296 e. The van der Waals surface area contributed by atoms with E-state index < -0.39 is 0 Å². The van der Waals surface area contributed by atoms with Gasteiger partial charge in [0.05, 0.1) is 11.0 Å². The Morgan fingerprint density at radius 2 is 1.94 bits per heavy atom. The number of imidazole rings is 1. The minimum absolute atomic E-state index is 1.11. The van der Waals surface area contributed by atoms with E-state index in [1.165, 1.54) is 48.0 Å². The number of aromatic nitrogens is 2. The zero-order valence-corrected chi connectivity index (χ0v) is 10.6. The normalized spacial score (nSPS) is 15.2. The lowest BCUT2D eigenvalue weighted by Crippen LogP contribution is -2.09. The van der Waals surface area contributed by atoms with Crippen molar-refractivity contribution in [3.8, 4) is 0 Å². The average Bonchev–Trinajstić information content (AvgIpc) is 2.79. The molecule has 0 N–H and O–H groups in total. The molecule has 0 aliphatic heterocycles. The Labute approximate surface area is 106 Å². The van der Waals surface area contributed by atoms with Crippen molar-refractivity contribution in [2.75, 3.05) is 0 Å². The molecule has 0 saturated heterocycles. The van der Waals surface area contributed by atoms with Gasteiger partial charge < -0.3 is 0 Å². The third kappa shape index (κ3) is 1.26. The van der Waals surface area contributed by atoms with Crippen LogP contribution in [-0.2, 0) is 12.8 Å². The summed E-state index contributed by atoms with van der Waals surface area (Å²) < 4.78 is 2.39. The van der Waals surface area contributed by atoms with E-state index in [1.54, 1.807) is 0 Å². The summed E-state index contributed by atoms with van der Waals surface area (Å²) in [5.74, 6) is 0. The van der Waals surface area contributed by atoms with Gasteiger partial charge in [-0.3, -0.25) is 4.40 Å². The number of hydrogen-bond donors (Lipinski definition) is 0. The Kier molecular flexibility index (Phi) is 2.01. The van der Waals surface area contributed by atoms with Crippen LogP contribution in [0.25, 0.3) is 16.7 Å². The fourth-order valence-electron chi connectivity index (χ4n) is 3.21. The summed E-state index contributed by atoms with van der Waals surface area (Å²) in [6.07, 6.45) is 5.04. The molecule has 1 aliphatic carbocycles. The van der Waals surface area contributed by atoms with E-state index in [0.29, 0.717) is 0 Å². The quantitative estimate of drug-likeness (QED) is 0.582. The predicted molar refractivity (Wildman–Crippen MR) is 74.1 cm³/mol. The second-order valence-corrected chi connectivity index (χ2v) is 5.27. The van der Waals surface area contributed by atoms with Gasteiger partial charge in [0.25, 0.3) is 0 Å². The summed E-state index contributed by atoms with van der Waals surface area (Å²) in [5, 5.41) is 0. The molecule has 2 heteroatoms. The number of para-hydroxylation sites is 2. The molecule has 0 bridgehead atoms. The molecule has 0 spiro atoms. The molecule has 4 rings (SSSR count). The Balaban J connectivity index is 2.23. The van der Waals surface area contributed by atoms with Crippen LogP contribution >= 0.6 is 0 Å². The van der Waals surface area contributed by atoms with Gasteiger partial charge in [0.15, 0.2) is 0 Å². The highest BCUT2D eigenvalue weighted by Crippen LogP contribution is 2.28. The summed E-state index contributed by atoms with van der Waals surface area (Å²) in [6, 6.07) is 10.8. The van der Waals surface area contributed by atoms with E-state index >= 15 is 0 Å². The molecule has 3 aromatic rings. The van der Waals surface area contributed by atoms with Crippen LogP contribution in [0.3, 0.4) is 0 Å². The predicted octanol–water partition coefficient (Wildman–Crippen LogP) is 3.67. The Bertz CT molecular complexity index is 752. The van der Waals surface area contributed by atoms with Crippen LogP contribution in [0.4, 0.5) is 0 Å². The third-order valence-corrected chi connectivity index (χ3v) is 4.05. The number of nitrogens with zero attached hydrogens (tertiary/aromatic N) is 2. The minimum Gasteiger partial charge on any atom is -0.296 e. The first-order chi connectivity index (χ1) is 8.84. The van der Waals surface area contributed by atoms with Gasteiger partial charge in [-0.25, -0.2) is 4.98 Å². The van der Waals surface area contributed by atoms with Crippen LogP contribution in [0.5, 0.6) is 0 Å². The van der Waals surface area contributed by atoms with Gasteiger partial charge in [0.2, 0.25) is 0 Å². The van der Waals surface area contributed by atoms with Gasteiger partial charge in [-0.15, -0.1) is 0 Å². The van der Waals surface area contributed by atoms with E-state index in [2.05, 4.69) is 41.7 Å². The Morgan fingerprint density at radius 3 is 2.89 bits per heavy atom. The number of aryl methyl sites for hydroxylation is 3. The first-order valence-corrected chi connectivity index (χ1v) is 6.73. The molecule has 90 valence electrons. The van der Waals surface area contributed by atoms with Crippen molar-refractivity contribution in [3.63, 3.8) is 0 Å². The molecular weight excluding hydrogens is 220 g/mol. The van der Waals surface area contributed by atoms with Gasteiger partial charge in [-0.05, 0) is 55.9 Å². The zero-order valence-electron chi connectivity index (χ0n) is 10.6. The lowest BCUT2D eigenvalue weighted by Gasteiger charge is -2.18. The van der Waals surface area contributed by atoms with Gasteiger partial charge in [-0.2, -0.15) is 0 Å². The van der Waals surface area contributed by atoms with Crippen LogP contribution in [0, 0.1) is 6.92 Å². The van der Waals surface area contributed by atoms with Crippen LogP contribution in [0.2, 0.25) is 0 Å². The Hall–Kier alpha value is -1.83. The molecule has 1 aromatic carbocycles. The summed E-state index contributed by atoms with van der Waals surface area (Å²) in [6.45, 7) is 2.18. The van der Waals surface area contributed by atoms with Crippen molar-refractivity contribution >= 4 is 16.7 Å². The maximum atomic E-state index is 4.79. The SMILES string of the molecule is Cc1cc2c(n3c1nc1ccccc13)CCCC2. The van der Waals surface area contributed by atoms with Crippen molar-refractivity contribution in [1.82, 2.24) is 9.38 Å². The molecule has 1 aliphatic rings. The van der Waals surface area contributed by atoms with E-state index in [0.717, 1.165) is 11.2 Å². The summed E-state index contributed by atoms with van der Waals surface area (Å²) >= 11 is 0. The molecule has 2 aromatic heterocycles. The highest BCUT2D eigenvalue weighted by Gasteiger charge is 2.17. The fraction of sp³-hybridized carbons (Fsp3) is 0.312. The molecule has 0 radical (unpaired) electrons. The van der Waals surface area contributed by atoms with Crippen molar-refractivity contribution in [2.24, 2.45) is 0 Å². The molecule has 0 amide bonds. The number of fused-ring (bicyclic) bond motifs is 5.